The number of ether oxygens (including phenoxy) is 3. The molecule has 40 heteroatoms. The third-order valence-electron chi connectivity index (χ3n) is 26.6. The van der Waals surface area contributed by atoms with Gasteiger partial charge in [-0.2, -0.15) is 35.2 Å². The zero-order valence-corrected chi connectivity index (χ0v) is 74.7. The fraction of sp³-hybridized carbons (Fsp3) is 0.337. The van der Waals surface area contributed by atoms with Gasteiger partial charge in [-0.25, -0.2) is 53.3 Å². The fourth-order valence-electron chi connectivity index (χ4n) is 18.1. The van der Waals surface area contributed by atoms with Gasteiger partial charge in [-0.05, 0) is 127 Å². The van der Waals surface area contributed by atoms with Gasteiger partial charge < -0.3 is 65.9 Å². The number of sulfone groups is 1. The fourth-order valence-corrected chi connectivity index (χ4v) is 19.8. The SMILES string of the molecule is COCCNc1cc(-c2nc(C3(c4ccc(-c5cnc(N)nc5)cc4)CCC3)no2)ccn1.Nc1ncc(-c2ccc(C3(c4noc(-c5cnn(C6CCS(=O)(=O)C6)c5)n4)CCC3)cc2)cn1.Nc1ncc(-c2ccc(C3(c4noc(-c5cnn(C6COC6)c5)n4)CCC3)cc2)cn1.Nc1ncc(-c2ccc(C3(c4noc(-c5cnn(CC(=O)NCC6CCCO6)c5)n4)CCC3)cc2)cn1. The number of hydrogen-bond donors (Lipinski definition) is 6. The highest BCUT2D eigenvalue weighted by molar-refractivity contribution is 7.91. The molecule has 3 aliphatic heterocycles. The number of anilines is 5. The zero-order chi connectivity index (χ0) is 92.1. The van der Waals surface area contributed by atoms with Crippen molar-refractivity contribution in [1.82, 2.24) is 120 Å². The maximum atomic E-state index is 12.3. The smallest absolute Gasteiger partial charge is 0.261 e. The maximum absolute atomic E-state index is 12.3. The number of nitrogens with one attached hydrogen (secondary N) is 2. The molecule has 23 rings (SSSR count). The van der Waals surface area contributed by atoms with E-state index in [-0.39, 0.29) is 81.6 Å². The first kappa shape index (κ1) is 87.8. The third kappa shape index (κ3) is 18.5. The molecule has 0 radical (unpaired) electrons. The summed E-state index contributed by atoms with van der Waals surface area (Å²) in [4.78, 5) is 68.2. The number of nitrogens with two attached hydrogens (primary N) is 4. The van der Waals surface area contributed by atoms with E-state index in [0.717, 1.165) is 181 Å². The summed E-state index contributed by atoms with van der Waals surface area (Å²) in [6.07, 6.45) is 40.9. The van der Waals surface area contributed by atoms with Gasteiger partial charge in [-0.1, -0.05) is 143 Å². The van der Waals surface area contributed by atoms with E-state index in [1.54, 1.807) is 103 Å². The summed E-state index contributed by atoms with van der Waals surface area (Å²) in [6.45, 7) is 4.06. The van der Waals surface area contributed by atoms with Crippen molar-refractivity contribution in [3.05, 3.63) is 248 Å². The van der Waals surface area contributed by atoms with Crippen LogP contribution in [0, 0.1) is 0 Å². The molecule has 39 nitrogen and oxygen atoms in total. The number of benzene rings is 4. The summed E-state index contributed by atoms with van der Waals surface area (Å²) in [5.41, 5.74) is 36.8. The number of aromatic nitrogens is 23. The molecule has 0 bridgehead atoms. The Morgan fingerprint density at radius 2 is 0.815 bits per heavy atom. The Kier molecular flexibility index (Phi) is 24.6. The first-order chi connectivity index (χ1) is 65.9. The largest absolute Gasteiger partial charge is 0.383 e. The van der Waals surface area contributed by atoms with Crippen LogP contribution < -0.4 is 33.6 Å². The lowest BCUT2D eigenvalue weighted by molar-refractivity contribution is -0.122. The highest BCUT2D eigenvalue weighted by atomic mass is 32.2. The highest BCUT2D eigenvalue weighted by Crippen LogP contribution is 2.53. The average molecular weight is 1840 g/mol. The van der Waals surface area contributed by atoms with Crippen LogP contribution in [0.25, 0.3) is 90.3 Å². The molecule has 0 spiro atoms. The van der Waals surface area contributed by atoms with Gasteiger partial charge in [0, 0.05) is 129 Å². The Labute approximate surface area is 773 Å². The molecule has 7 aliphatic rings. The van der Waals surface area contributed by atoms with Gasteiger partial charge in [0.05, 0.1) is 106 Å². The summed E-state index contributed by atoms with van der Waals surface area (Å²) >= 11 is 0. The number of methoxy groups -OCH3 is 1. The summed E-state index contributed by atoms with van der Waals surface area (Å²) < 4.78 is 67.2. The van der Waals surface area contributed by atoms with Crippen LogP contribution in [-0.2, 0) is 57.0 Å². The zero-order valence-electron chi connectivity index (χ0n) is 73.8. The van der Waals surface area contributed by atoms with Gasteiger partial charge in [0.15, 0.2) is 33.1 Å². The monoisotopic (exact) mass is 1840 g/mol. The van der Waals surface area contributed by atoms with E-state index in [1.165, 1.54) is 11.1 Å². The number of nitrogen functional groups attached to an aromatic ring is 4. The van der Waals surface area contributed by atoms with Crippen LogP contribution in [0.1, 0.15) is 154 Å². The third-order valence-corrected chi connectivity index (χ3v) is 28.4. The van der Waals surface area contributed by atoms with E-state index in [1.807, 2.05) is 35.1 Å². The second-order valence-corrected chi connectivity index (χ2v) is 37.2. The minimum atomic E-state index is -2.99. The second kappa shape index (κ2) is 37.8. The summed E-state index contributed by atoms with van der Waals surface area (Å²) in [5, 5.41) is 36.6. The molecule has 2 atom stereocenters. The Hall–Kier alpha value is -15.2. The Bertz CT molecular complexity index is 6880. The number of nitrogens with zero attached hydrogens (tertiary/aromatic N) is 23. The normalized spacial score (nSPS) is 17.9. The molecule has 4 aliphatic carbocycles. The van der Waals surface area contributed by atoms with Crippen molar-refractivity contribution in [2.45, 2.75) is 143 Å². The van der Waals surface area contributed by atoms with E-state index in [9.17, 15) is 13.2 Å². The molecule has 4 aromatic carbocycles. The van der Waals surface area contributed by atoms with Crippen LogP contribution in [0.4, 0.5) is 29.6 Å². The molecule has 16 aromatic rings. The lowest BCUT2D eigenvalue weighted by Gasteiger charge is -2.39. The lowest BCUT2D eigenvalue weighted by atomic mass is 9.64. The molecular weight excluding hydrogens is 1740 g/mol. The van der Waals surface area contributed by atoms with E-state index in [0.29, 0.717) is 91.7 Å². The number of rotatable bonds is 26. The number of pyridine rings is 1. The molecule has 4 saturated carbocycles. The van der Waals surface area contributed by atoms with E-state index < -0.39 is 9.84 Å². The van der Waals surface area contributed by atoms with Crippen LogP contribution in [0.3, 0.4) is 0 Å². The first-order valence-corrected chi connectivity index (χ1v) is 46.8. The standard InChI is InChI=1S/C26H28N8O3.C24H25N7O2.C23H23N7O3S.C22H21N7O2/c27-25-29-11-18(12-30-25)17-4-6-20(7-5-17)26(8-2-9-26)24-32-23(37-33-24)19-13-31-34(15-19)16-22(35)28-14-21-3-1-10-36-21;1-32-12-11-27-20-13-17(7-10-26-20)21-30-22(31-33-21)24(8-2-9-24)19-5-3-16(4-6-19)18-14-28-23(25)29-15-18;24-22-25-10-16(11-26-22)15-2-4-18(5-3-15)23(7-1-8-23)21-28-20(33-29-21)17-12-27-30(13-17)19-6-9-34(31,32)14-19;23-21-24-8-15(9-25-21)14-2-4-17(5-3-14)22(6-1-7-22)20-27-19(31-28-20)16-10-26-29(11-16)18-12-30-13-18/h4-7,11-13,15,21H,1-3,8-10,14,16H2,(H,28,35)(H2,27,29,30);3-7,10,13-15H,2,8-9,11-12H2,1H3,(H,26,27)(H2,25,28,29);2-5,10-13,19H,1,6-9,14H2,(H2,24,25,26);2-5,8-11,18H,1,6-7,12-13H2,(H2,23,24,25). The molecule has 688 valence electrons. The molecule has 135 heavy (non-hydrogen) atoms. The minimum Gasteiger partial charge on any atom is -0.383 e. The van der Waals surface area contributed by atoms with Gasteiger partial charge in [-0.15, -0.1) is 0 Å². The molecule has 12 aromatic heterocycles. The highest BCUT2D eigenvalue weighted by Gasteiger charge is 2.49. The molecule has 15 heterocycles. The van der Waals surface area contributed by atoms with Crippen molar-refractivity contribution in [3.63, 3.8) is 0 Å². The van der Waals surface area contributed by atoms with Crippen molar-refractivity contribution in [3.8, 4) is 90.3 Å². The van der Waals surface area contributed by atoms with E-state index in [2.05, 4.69) is 176 Å². The number of hydrogen-bond acceptors (Lipinski definition) is 35. The van der Waals surface area contributed by atoms with Crippen LogP contribution in [-0.4, -0.2) is 193 Å². The van der Waals surface area contributed by atoms with E-state index >= 15 is 0 Å². The minimum absolute atomic E-state index is 0.107. The maximum Gasteiger partial charge on any atom is 0.261 e. The summed E-state index contributed by atoms with van der Waals surface area (Å²) in [6, 6.07) is 37.4. The molecular formula is C95H97N29O10S. The van der Waals surface area contributed by atoms with Gasteiger partial charge in [0.25, 0.3) is 23.6 Å². The van der Waals surface area contributed by atoms with Crippen LogP contribution in [0.2, 0.25) is 0 Å². The topological polar surface area (TPSA) is 532 Å². The van der Waals surface area contributed by atoms with Gasteiger partial charge in [0.2, 0.25) is 29.7 Å². The van der Waals surface area contributed by atoms with E-state index in [4.69, 9.17) is 75.2 Å². The molecule has 1 amide bonds. The molecule has 3 saturated heterocycles. The van der Waals surface area contributed by atoms with Crippen molar-refractivity contribution < 1.29 is 45.5 Å². The van der Waals surface area contributed by atoms with Crippen molar-refractivity contribution in [1.29, 1.82) is 0 Å². The predicted molar refractivity (Wildman–Crippen MR) is 495 cm³/mol. The summed E-state index contributed by atoms with van der Waals surface area (Å²) in [5.74, 6) is 6.54. The first-order valence-electron chi connectivity index (χ1n) is 45.0. The van der Waals surface area contributed by atoms with Gasteiger partial charge >= 0.3 is 0 Å². The number of carbonyl (C=O) groups is 1. The quantitative estimate of drug-likeness (QED) is 0.0274. The Morgan fingerprint density at radius 3 is 1.16 bits per heavy atom. The van der Waals surface area contributed by atoms with Crippen LogP contribution >= 0.6 is 0 Å². The van der Waals surface area contributed by atoms with Gasteiger partial charge in [0.1, 0.15) is 12.4 Å². The number of carbonyl (C=O) groups excluding carboxylic acids is 1. The van der Waals surface area contributed by atoms with Crippen molar-refractivity contribution >= 4 is 45.4 Å². The summed E-state index contributed by atoms with van der Waals surface area (Å²) in [7, 11) is -1.32. The second-order valence-electron chi connectivity index (χ2n) is 34.9. The predicted octanol–water partition coefficient (Wildman–Crippen LogP) is 12.3. The molecule has 10 N–H and O–H groups in total. The van der Waals surface area contributed by atoms with Gasteiger partial charge in [-0.3, -0.25) is 18.8 Å². The molecule has 7 fully saturated rings. The molecule has 2 unspecified atom stereocenters. The van der Waals surface area contributed by atoms with Crippen molar-refractivity contribution in [2.24, 2.45) is 0 Å². The van der Waals surface area contributed by atoms with Crippen LogP contribution in [0.5, 0.6) is 0 Å². The number of amides is 1. The lowest BCUT2D eigenvalue weighted by Crippen LogP contribution is -2.36. The van der Waals surface area contributed by atoms with Crippen LogP contribution in [0.15, 0.2) is 220 Å². The Morgan fingerprint density at radius 1 is 0.437 bits per heavy atom. The van der Waals surface area contributed by atoms with Crippen molar-refractivity contribution in [2.75, 3.05) is 86.4 Å². The Balaban J connectivity index is 0.000000112. The average Bonchev–Trinajstić information content (AvgIpc) is 1.74.